The first-order valence-electron chi connectivity index (χ1n) is 10.2. The molecule has 0 spiro atoms. The van der Waals surface area contributed by atoms with Crippen LogP contribution in [0.15, 0.2) is 24.4 Å². The Morgan fingerprint density at radius 2 is 2.00 bits per heavy atom. The number of hydrogen-bond donors (Lipinski definition) is 1. The molecule has 1 atom stereocenters. The maximum atomic E-state index is 4.75. The second-order valence-corrected chi connectivity index (χ2v) is 7.19. The van der Waals surface area contributed by atoms with Gasteiger partial charge in [-0.1, -0.05) is 6.92 Å². The minimum Gasteiger partial charge on any atom is -0.372 e. The SMILES string of the molecule is CCC1CCCCN1c1cnnc(Nc2ccc(N(CC)CC)cc2C)n1. The van der Waals surface area contributed by atoms with Crippen LogP contribution in [-0.4, -0.2) is 40.9 Å². The molecule has 0 aliphatic carbocycles. The van der Waals surface area contributed by atoms with E-state index < -0.39 is 0 Å². The third-order valence-corrected chi connectivity index (χ3v) is 5.52. The lowest BCUT2D eigenvalue weighted by molar-refractivity contribution is 0.446. The van der Waals surface area contributed by atoms with Crippen molar-refractivity contribution in [3.8, 4) is 0 Å². The summed E-state index contributed by atoms with van der Waals surface area (Å²) in [4.78, 5) is 9.48. The van der Waals surface area contributed by atoms with Gasteiger partial charge in [0.2, 0.25) is 5.95 Å². The van der Waals surface area contributed by atoms with Crippen molar-refractivity contribution in [3.05, 3.63) is 30.0 Å². The van der Waals surface area contributed by atoms with E-state index in [1.54, 1.807) is 6.20 Å². The van der Waals surface area contributed by atoms with Crippen LogP contribution >= 0.6 is 0 Å². The number of benzene rings is 1. The van der Waals surface area contributed by atoms with E-state index in [1.807, 2.05) is 0 Å². The van der Waals surface area contributed by atoms with Gasteiger partial charge in [0, 0.05) is 37.1 Å². The third kappa shape index (κ3) is 4.49. The molecule has 0 bridgehead atoms. The quantitative estimate of drug-likeness (QED) is 0.774. The summed E-state index contributed by atoms with van der Waals surface area (Å²) in [7, 11) is 0. The molecule has 1 aromatic heterocycles. The van der Waals surface area contributed by atoms with E-state index in [9.17, 15) is 0 Å². The first kappa shape index (κ1) is 19.4. The average molecular weight is 369 g/mol. The molecule has 0 radical (unpaired) electrons. The van der Waals surface area contributed by atoms with E-state index in [4.69, 9.17) is 4.98 Å². The highest BCUT2D eigenvalue weighted by molar-refractivity contribution is 5.64. The molecule has 0 saturated carbocycles. The second kappa shape index (κ2) is 9.02. The van der Waals surface area contributed by atoms with Crippen LogP contribution in [0.2, 0.25) is 0 Å². The van der Waals surface area contributed by atoms with Gasteiger partial charge >= 0.3 is 0 Å². The summed E-state index contributed by atoms with van der Waals surface area (Å²) in [5, 5.41) is 11.8. The van der Waals surface area contributed by atoms with Gasteiger partial charge in [-0.05, 0) is 70.2 Å². The van der Waals surface area contributed by atoms with Gasteiger partial charge < -0.3 is 15.1 Å². The highest BCUT2D eigenvalue weighted by atomic mass is 15.3. The van der Waals surface area contributed by atoms with Crippen LogP contribution < -0.4 is 15.1 Å². The summed E-state index contributed by atoms with van der Waals surface area (Å²) in [5.74, 6) is 1.49. The first-order valence-corrected chi connectivity index (χ1v) is 10.2. The zero-order chi connectivity index (χ0) is 19.2. The van der Waals surface area contributed by atoms with Crippen LogP contribution in [0.3, 0.4) is 0 Å². The molecule has 1 aliphatic rings. The van der Waals surface area contributed by atoms with Crippen molar-refractivity contribution in [1.29, 1.82) is 0 Å². The second-order valence-electron chi connectivity index (χ2n) is 7.19. The molecular weight excluding hydrogens is 336 g/mol. The van der Waals surface area contributed by atoms with E-state index in [0.29, 0.717) is 12.0 Å². The number of rotatable bonds is 7. The normalized spacial score (nSPS) is 17.0. The highest BCUT2D eigenvalue weighted by Crippen LogP contribution is 2.27. The zero-order valence-electron chi connectivity index (χ0n) is 17.1. The Morgan fingerprint density at radius 3 is 2.70 bits per heavy atom. The lowest BCUT2D eigenvalue weighted by atomic mass is 10.0. The number of aryl methyl sites for hydroxylation is 1. The lowest BCUT2D eigenvalue weighted by Gasteiger charge is -2.35. The molecule has 146 valence electrons. The molecule has 2 aromatic rings. The van der Waals surface area contributed by atoms with E-state index >= 15 is 0 Å². The van der Waals surface area contributed by atoms with Crippen molar-refractivity contribution in [2.45, 2.75) is 59.4 Å². The summed E-state index contributed by atoms with van der Waals surface area (Å²) >= 11 is 0. The minimum absolute atomic E-state index is 0.554. The lowest BCUT2D eigenvalue weighted by Crippen LogP contribution is -2.39. The van der Waals surface area contributed by atoms with Crippen LogP contribution in [0.4, 0.5) is 23.1 Å². The van der Waals surface area contributed by atoms with Gasteiger partial charge in [-0.2, -0.15) is 10.1 Å². The van der Waals surface area contributed by atoms with E-state index in [1.165, 1.54) is 30.5 Å². The Balaban J connectivity index is 1.78. The standard InChI is InChI=1S/C21H32N6/c1-5-17-10-8-9-13-27(17)20-15-22-25-21(24-20)23-19-12-11-18(14-16(19)4)26(6-2)7-3/h11-12,14-15,17H,5-10,13H2,1-4H3,(H,23,24,25). The van der Waals surface area contributed by atoms with Crippen molar-refractivity contribution < 1.29 is 0 Å². The maximum Gasteiger partial charge on any atom is 0.249 e. The largest absolute Gasteiger partial charge is 0.372 e. The van der Waals surface area contributed by atoms with Crippen molar-refractivity contribution in [2.75, 3.05) is 34.8 Å². The number of nitrogens with one attached hydrogen (secondary N) is 1. The minimum atomic E-state index is 0.554. The fourth-order valence-corrected chi connectivity index (χ4v) is 3.91. The molecule has 1 N–H and O–H groups in total. The predicted molar refractivity (Wildman–Crippen MR) is 113 cm³/mol. The smallest absolute Gasteiger partial charge is 0.249 e. The third-order valence-electron chi connectivity index (χ3n) is 5.52. The Kier molecular flexibility index (Phi) is 6.48. The molecular formula is C21H32N6. The summed E-state index contributed by atoms with van der Waals surface area (Å²) in [5.41, 5.74) is 3.45. The molecule has 27 heavy (non-hydrogen) atoms. The number of piperidine rings is 1. The summed E-state index contributed by atoms with van der Waals surface area (Å²) in [6.45, 7) is 11.8. The number of hydrogen-bond acceptors (Lipinski definition) is 6. The number of aromatic nitrogens is 3. The predicted octanol–water partition coefficient (Wildman–Crippen LogP) is 4.54. The van der Waals surface area contributed by atoms with E-state index in [2.05, 4.69) is 71.2 Å². The fraction of sp³-hybridized carbons (Fsp3) is 0.571. The molecule has 3 rings (SSSR count). The van der Waals surface area contributed by atoms with Gasteiger partial charge in [0.05, 0.1) is 6.20 Å². The number of anilines is 4. The highest BCUT2D eigenvalue weighted by Gasteiger charge is 2.22. The molecule has 0 amide bonds. The van der Waals surface area contributed by atoms with Crippen molar-refractivity contribution in [3.63, 3.8) is 0 Å². The maximum absolute atomic E-state index is 4.75. The Morgan fingerprint density at radius 1 is 1.19 bits per heavy atom. The molecule has 1 fully saturated rings. The molecule has 1 saturated heterocycles. The molecule has 6 heteroatoms. The molecule has 1 aromatic carbocycles. The summed E-state index contributed by atoms with van der Waals surface area (Å²) in [6.07, 6.45) is 6.68. The summed E-state index contributed by atoms with van der Waals surface area (Å²) in [6, 6.07) is 7.02. The van der Waals surface area contributed by atoms with Crippen molar-refractivity contribution in [2.24, 2.45) is 0 Å². The van der Waals surface area contributed by atoms with E-state index in [0.717, 1.165) is 37.6 Å². The number of nitrogens with zero attached hydrogens (tertiary/aromatic N) is 5. The molecule has 2 heterocycles. The Labute approximate surface area is 163 Å². The van der Waals surface area contributed by atoms with Gasteiger partial charge in [-0.3, -0.25) is 0 Å². The van der Waals surface area contributed by atoms with Gasteiger partial charge in [0.1, 0.15) is 0 Å². The zero-order valence-corrected chi connectivity index (χ0v) is 17.1. The van der Waals surface area contributed by atoms with Crippen LogP contribution in [0.1, 0.15) is 52.0 Å². The van der Waals surface area contributed by atoms with Gasteiger partial charge in [0.25, 0.3) is 0 Å². The van der Waals surface area contributed by atoms with Gasteiger partial charge in [0.15, 0.2) is 5.82 Å². The van der Waals surface area contributed by atoms with Crippen LogP contribution in [0, 0.1) is 6.92 Å². The monoisotopic (exact) mass is 368 g/mol. The molecule has 1 unspecified atom stereocenters. The topological polar surface area (TPSA) is 57.2 Å². The average Bonchev–Trinajstić information content (AvgIpc) is 2.71. The first-order chi connectivity index (χ1) is 13.2. The van der Waals surface area contributed by atoms with Crippen molar-refractivity contribution >= 4 is 23.1 Å². The summed E-state index contributed by atoms with van der Waals surface area (Å²) < 4.78 is 0. The van der Waals surface area contributed by atoms with Crippen molar-refractivity contribution in [1.82, 2.24) is 15.2 Å². The van der Waals surface area contributed by atoms with Crippen LogP contribution in [0.5, 0.6) is 0 Å². The van der Waals surface area contributed by atoms with Crippen LogP contribution in [0.25, 0.3) is 0 Å². The molecule has 1 aliphatic heterocycles. The van der Waals surface area contributed by atoms with E-state index in [-0.39, 0.29) is 0 Å². The fourth-order valence-electron chi connectivity index (χ4n) is 3.91. The molecule has 6 nitrogen and oxygen atoms in total. The van der Waals surface area contributed by atoms with Gasteiger partial charge in [-0.15, -0.1) is 5.10 Å². The van der Waals surface area contributed by atoms with Gasteiger partial charge in [-0.25, -0.2) is 0 Å². The van der Waals surface area contributed by atoms with Crippen LogP contribution in [-0.2, 0) is 0 Å². The Hall–Kier alpha value is -2.37. The Bertz CT molecular complexity index is 743.